The van der Waals surface area contributed by atoms with Crippen LogP contribution in [0.3, 0.4) is 0 Å². The third kappa shape index (κ3) is 3.24. The van der Waals surface area contributed by atoms with Crippen molar-refractivity contribution < 1.29 is 14.5 Å². The number of carbonyl (C=O) groups is 1. The molecule has 8 heteroatoms. The highest BCUT2D eigenvalue weighted by atomic mass is 16.6. The van der Waals surface area contributed by atoms with Crippen molar-refractivity contribution in [3.8, 4) is 5.88 Å². The van der Waals surface area contributed by atoms with E-state index in [0.717, 1.165) is 0 Å². The van der Waals surface area contributed by atoms with E-state index in [-0.39, 0.29) is 17.2 Å². The van der Waals surface area contributed by atoms with Crippen LogP contribution in [0.5, 0.6) is 5.88 Å². The molecule has 0 aliphatic rings. The number of nitrogens with zero attached hydrogens (tertiary/aromatic N) is 4. The molecule has 0 saturated heterocycles. The van der Waals surface area contributed by atoms with Gasteiger partial charge in [0.05, 0.1) is 5.56 Å². The lowest BCUT2D eigenvalue weighted by molar-refractivity contribution is -0.114. The predicted octanol–water partition coefficient (Wildman–Crippen LogP) is -0.0424. The van der Waals surface area contributed by atoms with Gasteiger partial charge in [0.2, 0.25) is 0 Å². The number of hydrogen-bond acceptors (Lipinski definition) is 7. The zero-order valence-corrected chi connectivity index (χ0v) is 10.2. The van der Waals surface area contributed by atoms with Crippen molar-refractivity contribution in [3.05, 3.63) is 18.1 Å². The summed E-state index contributed by atoms with van der Waals surface area (Å²) >= 11 is 0. The summed E-state index contributed by atoms with van der Waals surface area (Å²) in [7, 11) is 2.81. The van der Waals surface area contributed by atoms with E-state index < -0.39 is 5.91 Å². The van der Waals surface area contributed by atoms with Crippen molar-refractivity contribution in [1.82, 2.24) is 15.3 Å². The summed E-state index contributed by atoms with van der Waals surface area (Å²) < 4.78 is 0. The molecule has 18 heavy (non-hydrogen) atoms. The number of carbonyl (C=O) groups excluding carboxylic acids is 1. The van der Waals surface area contributed by atoms with E-state index in [1.54, 1.807) is 6.92 Å². The molecule has 0 fully saturated rings. The Morgan fingerprint density at radius 1 is 1.56 bits per heavy atom. The van der Waals surface area contributed by atoms with Crippen LogP contribution in [-0.4, -0.2) is 42.0 Å². The molecule has 1 rings (SSSR count). The molecule has 0 aliphatic carbocycles. The number of oxime groups is 2. The number of amides is 1. The van der Waals surface area contributed by atoms with Gasteiger partial charge in [-0.3, -0.25) is 4.79 Å². The highest BCUT2D eigenvalue weighted by Crippen LogP contribution is 2.15. The molecule has 0 radical (unpaired) electrons. The first-order chi connectivity index (χ1) is 8.74. The van der Waals surface area contributed by atoms with Gasteiger partial charge in [-0.15, -0.1) is 0 Å². The number of aromatic nitrogens is 2. The Morgan fingerprint density at radius 2 is 2.33 bits per heavy atom. The van der Waals surface area contributed by atoms with Crippen LogP contribution in [0.25, 0.3) is 0 Å². The second-order valence-electron chi connectivity index (χ2n) is 2.90. The maximum absolute atomic E-state index is 11.7. The quantitative estimate of drug-likeness (QED) is 0.584. The fraction of sp³-hybridized carbons (Fsp3) is 0.300. The van der Waals surface area contributed by atoms with Gasteiger partial charge in [0.1, 0.15) is 13.4 Å². The van der Waals surface area contributed by atoms with Gasteiger partial charge in [0.25, 0.3) is 11.8 Å². The van der Waals surface area contributed by atoms with E-state index in [4.69, 9.17) is 4.84 Å². The Hall–Kier alpha value is -2.51. The van der Waals surface area contributed by atoms with Crippen LogP contribution in [0, 0.1) is 0 Å². The standard InChI is InChI=1S/C10H13N5O3/c1-4-14-18-10-7(5-12-6-13-10)8(15-17-3)9(16)11-2/h4-6H,1-3H3,(H,11,16)/b14-4?,15-8+. The molecule has 0 saturated carbocycles. The van der Waals surface area contributed by atoms with Crippen molar-refractivity contribution in [2.75, 3.05) is 14.2 Å². The Bertz CT molecular complexity index is 472. The van der Waals surface area contributed by atoms with Crippen LogP contribution >= 0.6 is 0 Å². The Balaban J connectivity index is 3.19. The first-order valence-electron chi connectivity index (χ1n) is 5.03. The molecule has 0 atom stereocenters. The zero-order valence-electron chi connectivity index (χ0n) is 10.2. The highest BCUT2D eigenvalue weighted by Gasteiger charge is 2.20. The molecule has 0 aromatic carbocycles. The Kier molecular flexibility index (Phi) is 5.23. The molecule has 0 bridgehead atoms. The molecule has 96 valence electrons. The van der Waals surface area contributed by atoms with Crippen molar-refractivity contribution in [2.45, 2.75) is 6.92 Å². The lowest BCUT2D eigenvalue weighted by atomic mass is 10.2. The largest absolute Gasteiger partial charge is 0.398 e. The van der Waals surface area contributed by atoms with E-state index in [0.29, 0.717) is 0 Å². The SMILES string of the molecule is CC=NOc1ncncc1/C(=N\OC)C(=O)NC. The number of hydrogen-bond donors (Lipinski definition) is 1. The zero-order chi connectivity index (χ0) is 13.4. The van der Waals surface area contributed by atoms with E-state index in [2.05, 4.69) is 30.4 Å². The molecule has 0 aliphatic heterocycles. The summed E-state index contributed by atoms with van der Waals surface area (Å²) in [6.45, 7) is 1.68. The van der Waals surface area contributed by atoms with Crippen molar-refractivity contribution in [2.24, 2.45) is 10.3 Å². The smallest absolute Gasteiger partial charge is 0.273 e. The lowest BCUT2D eigenvalue weighted by Crippen LogP contribution is -2.29. The number of likely N-dealkylation sites (N-methyl/N-ethyl adjacent to an activating group) is 1. The van der Waals surface area contributed by atoms with Gasteiger partial charge in [-0.05, 0) is 6.92 Å². The van der Waals surface area contributed by atoms with Gasteiger partial charge >= 0.3 is 0 Å². The molecule has 8 nitrogen and oxygen atoms in total. The summed E-state index contributed by atoms with van der Waals surface area (Å²) in [4.78, 5) is 29.0. The van der Waals surface area contributed by atoms with Crippen molar-refractivity contribution >= 4 is 17.8 Å². The van der Waals surface area contributed by atoms with Crippen LogP contribution in [0.2, 0.25) is 0 Å². The molecular weight excluding hydrogens is 238 g/mol. The van der Waals surface area contributed by atoms with Crippen LogP contribution in [0.4, 0.5) is 0 Å². The van der Waals surface area contributed by atoms with Crippen LogP contribution in [0.1, 0.15) is 12.5 Å². The van der Waals surface area contributed by atoms with E-state index in [1.807, 2.05) is 0 Å². The minimum absolute atomic E-state index is 0.00176. The summed E-state index contributed by atoms with van der Waals surface area (Å²) in [5.74, 6) is -0.334. The average molecular weight is 251 g/mol. The molecule has 1 amide bonds. The van der Waals surface area contributed by atoms with Gasteiger partial charge in [-0.25, -0.2) is 4.98 Å². The molecule has 1 N–H and O–H groups in total. The summed E-state index contributed by atoms with van der Waals surface area (Å²) in [6, 6.07) is 0. The fourth-order valence-electron chi connectivity index (χ4n) is 1.08. The molecule has 0 unspecified atom stereocenters. The first-order valence-corrected chi connectivity index (χ1v) is 5.03. The summed E-state index contributed by atoms with van der Waals surface area (Å²) in [5.41, 5.74) is 0.284. The van der Waals surface area contributed by atoms with Crippen molar-refractivity contribution in [1.29, 1.82) is 0 Å². The Labute approximate surface area is 104 Å². The second-order valence-corrected chi connectivity index (χ2v) is 2.90. The third-order valence-electron chi connectivity index (χ3n) is 1.80. The van der Waals surface area contributed by atoms with E-state index in [1.165, 1.54) is 32.9 Å². The van der Waals surface area contributed by atoms with Gasteiger partial charge in [-0.1, -0.05) is 10.3 Å². The highest BCUT2D eigenvalue weighted by molar-refractivity contribution is 6.45. The third-order valence-corrected chi connectivity index (χ3v) is 1.80. The monoisotopic (exact) mass is 251 g/mol. The number of nitrogens with one attached hydrogen (secondary N) is 1. The van der Waals surface area contributed by atoms with Crippen molar-refractivity contribution in [3.63, 3.8) is 0 Å². The molecule has 1 aromatic rings. The fourth-order valence-corrected chi connectivity index (χ4v) is 1.08. The van der Waals surface area contributed by atoms with Gasteiger partial charge in [-0.2, -0.15) is 4.98 Å². The molecule has 1 heterocycles. The van der Waals surface area contributed by atoms with E-state index >= 15 is 0 Å². The maximum Gasteiger partial charge on any atom is 0.273 e. The topological polar surface area (TPSA) is 98.1 Å². The van der Waals surface area contributed by atoms with Gasteiger partial charge in [0.15, 0.2) is 5.71 Å². The van der Waals surface area contributed by atoms with Crippen LogP contribution < -0.4 is 10.2 Å². The minimum atomic E-state index is -0.447. The second kappa shape index (κ2) is 6.94. The number of rotatable bonds is 5. The first kappa shape index (κ1) is 13.6. The molecule has 1 aromatic heterocycles. The predicted molar refractivity (Wildman–Crippen MR) is 64.4 cm³/mol. The average Bonchev–Trinajstić information content (AvgIpc) is 2.42. The minimum Gasteiger partial charge on any atom is -0.398 e. The normalized spacial score (nSPS) is 11.4. The van der Waals surface area contributed by atoms with Gasteiger partial charge < -0.3 is 15.0 Å². The van der Waals surface area contributed by atoms with E-state index in [9.17, 15) is 4.79 Å². The molecule has 0 spiro atoms. The summed E-state index contributed by atoms with van der Waals surface area (Å²) in [6.07, 6.45) is 4.11. The lowest BCUT2D eigenvalue weighted by Gasteiger charge is -2.06. The van der Waals surface area contributed by atoms with Crippen LogP contribution in [0.15, 0.2) is 22.8 Å². The van der Waals surface area contributed by atoms with Crippen LogP contribution in [-0.2, 0) is 9.63 Å². The molecular formula is C10H13N5O3. The van der Waals surface area contributed by atoms with Gasteiger partial charge in [0, 0.05) is 19.5 Å². The summed E-state index contributed by atoms with van der Waals surface area (Å²) in [5, 5.41) is 9.65. The Morgan fingerprint density at radius 3 is 2.94 bits per heavy atom. The maximum atomic E-state index is 11.7.